The maximum Gasteiger partial charge on any atom is 0.331 e. The highest BCUT2D eigenvalue weighted by atomic mass is 19.1. The van der Waals surface area contributed by atoms with Crippen molar-refractivity contribution in [1.82, 2.24) is 4.90 Å². The van der Waals surface area contributed by atoms with Gasteiger partial charge in [0.25, 0.3) is 5.91 Å². The number of hydrogen-bond acceptors (Lipinski definition) is 2. The van der Waals surface area contributed by atoms with E-state index in [0.29, 0.717) is 18.2 Å². The van der Waals surface area contributed by atoms with Crippen LogP contribution in [0.25, 0.3) is 0 Å². The third kappa shape index (κ3) is 1.96. The summed E-state index contributed by atoms with van der Waals surface area (Å²) in [6.45, 7) is 0.738. The lowest BCUT2D eigenvalue weighted by Gasteiger charge is -2.16. The van der Waals surface area contributed by atoms with Gasteiger partial charge in [0.15, 0.2) is 0 Å². The third-order valence-electron chi connectivity index (χ3n) is 3.28. The average Bonchev–Trinajstić information content (AvgIpc) is 3.07. The lowest BCUT2D eigenvalue weighted by molar-refractivity contribution is -0.116. The first-order valence-electron chi connectivity index (χ1n) is 6.02. The first-order chi connectivity index (χ1) is 8.65. The number of rotatable bonds is 3. The second kappa shape index (κ2) is 4.08. The van der Waals surface area contributed by atoms with Crippen LogP contribution in [0.15, 0.2) is 24.3 Å². The Morgan fingerprint density at radius 3 is 2.72 bits per heavy atom. The van der Waals surface area contributed by atoms with Crippen molar-refractivity contribution in [3.05, 3.63) is 30.1 Å². The van der Waals surface area contributed by atoms with Crippen molar-refractivity contribution in [1.29, 1.82) is 0 Å². The summed E-state index contributed by atoms with van der Waals surface area (Å²) in [5.74, 6) is -0.200. The minimum atomic E-state index is -0.450. The number of imide groups is 1. The first kappa shape index (κ1) is 11.2. The summed E-state index contributed by atoms with van der Waals surface area (Å²) in [5, 5.41) is 0. The molecular weight excluding hydrogens is 235 g/mol. The van der Waals surface area contributed by atoms with Crippen molar-refractivity contribution < 1.29 is 14.0 Å². The van der Waals surface area contributed by atoms with Gasteiger partial charge in [-0.25, -0.2) is 14.1 Å². The van der Waals surface area contributed by atoms with Crippen LogP contribution in [-0.4, -0.2) is 29.9 Å². The lowest BCUT2D eigenvalue weighted by atomic mass is 10.3. The molecule has 0 N–H and O–H groups in total. The van der Waals surface area contributed by atoms with Crippen molar-refractivity contribution in [2.45, 2.75) is 12.8 Å². The Morgan fingerprint density at radius 2 is 2.06 bits per heavy atom. The monoisotopic (exact) mass is 248 g/mol. The van der Waals surface area contributed by atoms with E-state index in [2.05, 4.69) is 0 Å². The molecule has 0 bridgehead atoms. The minimum absolute atomic E-state index is 0.103. The Hall–Kier alpha value is -1.91. The molecule has 0 spiro atoms. The lowest BCUT2D eigenvalue weighted by Crippen LogP contribution is -2.34. The van der Waals surface area contributed by atoms with E-state index in [1.807, 2.05) is 0 Å². The Bertz CT molecular complexity index is 513. The largest absolute Gasteiger partial charge is 0.331 e. The summed E-state index contributed by atoms with van der Waals surface area (Å²) < 4.78 is 13.1. The molecule has 0 unspecified atom stereocenters. The van der Waals surface area contributed by atoms with Crippen molar-refractivity contribution >= 4 is 17.6 Å². The van der Waals surface area contributed by atoms with Crippen molar-refractivity contribution in [2.24, 2.45) is 5.92 Å². The highest BCUT2D eigenvalue weighted by molar-refractivity contribution is 6.19. The van der Waals surface area contributed by atoms with Gasteiger partial charge in [-0.05, 0) is 37.0 Å². The molecule has 1 aromatic rings. The molecule has 94 valence electrons. The topological polar surface area (TPSA) is 40.6 Å². The fourth-order valence-electron chi connectivity index (χ4n) is 2.17. The molecule has 4 nitrogen and oxygen atoms in total. The van der Waals surface area contributed by atoms with Gasteiger partial charge in [-0.15, -0.1) is 0 Å². The Balaban J connectivity index is 1.83. The summed E-state index contributed by atoms with van der Waals surface area (Å²) in [5.41, 5.74) is 0.309. The van der Waals surface area contributed by atoms with E-state index in [-0.39, 0.29) is 18.5 Å². The minimum Gasteiger partial charge on any atom is -0.314 e. The molecule has 3 rings (SSSR count). The fraction of sp³-hybridized carbons (Fsp3) is 0.385. The van der Waals surface area contributed by atoms with Gasteiger partial charge in [0.2, 0.25) is 0 Å². The van der Waals surface area contributed by atoms with Gasteiger partial charge in [0.05, 0.1) is 5.69 Å². The van der Waals surface area contributed by atoms with E-state index in [4.69, 9.17) is 0 Å². The van der Waals surface area contributed by atoms with Gasteiger partial charge in [0.1, 0.15) is 12.4 Å². The summed E-state index contributed by atoms with van der Waals surface area (Å²) in [6.07, 6.45) is 2.25. The highest BCUT2D eigenvalue weighted by Gasteiger charge is 2.39. The van der Waals surface area contributed by atoms with E-state index in [1.165, 1.54) is 18.2 Å². The second-order valence-electron chi connectivity index (χ2n) is 4.82. The predicted molar refractivity (Wildman–Crippen MR) is 63.6 cm³/mol. The molecule has 1 saturated carbocycles. The Labute approximate surface area is 104 Å². The predicted octanol–water partition coefficient (Wildman–Crippen LogP) is 2.00. The van der Waals surface area contributed by atoms with Gasteiger partial charge >= 0.3 is 6.03 Å². The summed E-state index contributed by atoms with van der Waals surface area (Å²) >= 11 is 0. The van der Waals surface area contributed by atoms with E-state index in [9.17, 15) is 14.0 Å². The number of benzene rings is 1. The number of urea groups is 1. The van der Waals surface area contributed by atoms with Crippen molar-refractivity contribution in [3.8, 4) is 0 Å². The highest BCUT2D eigenvalue weighted by Crippen LogP contribution is 2.31. The number of halogens is 1. The molecule has 1 heterocycles. The SMILES string of the molecule is O=C1CN(CC2CC2)C(=O)N1c1cccc(F)c1. The van der Waals surface area contributed by atoms with Gasteiger partial charge in [-0.1, -0.05) is 6.07 Å². The number of carbonyl (C=O) groups excluding carboxylic acids is 2. The van der Waals surface area contributed by atoms with E-state index in [1.54, 1.807) is 11.0 Å². The fourth-order valence-corrected chi connectivity index (χ4v) is 2.17. The molecule has 18 heavy (non-hydrogen) atoms. The van der Waals surface area contributed by atoms with Crippen LogP contribution in [0.4, 0.5) is 14.9 Å². The molecular formula is C13H13FN2O2. The number of hydrogen-bond donors (Lipinski definition) is 0. The summed E-state index contributed by atoms with van der Waals surface area (Å²) in [6, 6.07) is 5.22. The van der Waals surface area contributed by atoms with Crippen LogP contribution in [0.3, 0.4) is 0 Å². The average molecular weight is 248 g/mol. The maximum atomic E-state index is 13.1. The smallest absolute Gasteiger partial charge is 0.314 e. The number of nitrogens with zero attached hydrogens (tertiary/aromatic N) is 2. The maximum absolute atomic E-state index is 13.1. The van der Waals surface area contributed by atoms with Crippen molar-refractivity contribution in [3.63, 3.8) is 0 Å². The zero-order valence-corrected chi connectivity index (χ0v) is 9.80. The third-order valence-corrected chi connectivity index (χ3v) is 3.28. The molecule has 3 amide bonds. The zero-order valence-electron chi connectivity index (χ0n) is 9.80. The molecule has 5 heteroatoms. The van der Waals surface area contributed by atoms with Crippen LogP contribution in [0, 0.1) is 11.7 Å². The number of amides is 3. The Kier molecular flexibility index (Phi) is 2.54. The zero-order chi connectivity index (χ0) is 12.7. The molecule has 1 aliphatic heterocycles. The molecule has 1 aromatic carbocycles. The van der Waals surface area contributed by atoms with Crippen LogP contribution in [-0.2, 0) is 4.79 Å². The molecule has 0 radical (unpaired) electrons. The van der Waals surface area contributed by atoms with E-state index >= 15 is 0 Å². The number of anilines is 1. The molecule has 0 aromatic heterocycles. The Morgan fingerprint density at radius 1 is 1.28 bits per heavy atom. The van der Waals surface area contributed by atoms with Gasteiger partial charge in [-0.2, -0.15) is 0 Å². The molecule has 1 saturated heterocycles. The number of carbonyl (C=O) groups is 2. The van der Waals surface area contributed by atoms with Gasteiger partial charge in [-0.3, -0.25) is 4.79 Å². The van der Waals surface area contributed by atoms with Crippen LogP contribution in [0.1, 0.15) is 12.8 Å². The normalized spacial score (nSPS) is 19.8. The summed E-state index contributed by atoms with van der Waals surface area (Å²) in [7, 11) is 0. The molecule has 0 atom stereocenters. The van der Waals surface area contributed by atoms with E-state index in [0.717, 1.165) is 17.7 Å². The van der Waals surface area contributed by atoms with Crippen molar-refractivity contribution in [2.75, 3.05) is 18.0 Å². The standard InChI is InChI=1S/C13H13FN2O2/c14-10-2-1-3-11(6-10)16-12(17)8-15(13(16)18)7-9-4-5-9/h1-3,6,9H,4-5,7-8H2. The molecule has 1 aliphatic carbocycles. The quantitative estimate of drug-likeness (QED) is 0.768. The van der Waals surface area contributed by atoms with Crippen LogP contribution in [0.5, 0.6) is 0 Å². The van der Waals surface area contributed by atoms with Crippen LogP contribution in [0.2, 0.25) is 0 Å². The van der Waals surface area contributed by atoms with Crippen LogP contribution >= 0.6 is 0 Å². The van der Waals surface area contributed by atoms with Gasteiger partial charge < -0.3 is 4.90 Å². The summed E-state index contributed by atoms with van der Waals surface area (Å²) in [4.78, 5) is 26.6. The van der Waals surface area contributed by atoms with Gasteiger partial charge in [0, 0.05) is 6.54 Å². The second-order valence-corrected chi connectivity index (χ2v) is 4.82. The first-order valence-corrected chi connectivity index (χ1v) is 6.02. The van der Waals surface area contributed by atoms with E-state index < -0.39 is 5.82 Å². The molecule has 2 aliphatic rings. The van der Waals surface area contributed by atoms with Crippen LogP contribution < -0.4 is 4.90 Å². The molecule has 2 fully saturated rings.